The topological polar surface area (TPSA) is 114 Å². The lowest BCUT2D eigenvalue weighted by atomic mass is 10.1. The van der Waals surface area contributed by atoms with Crippen molar-refractivity contribution in [3.8, 4) is 11.5 Å². The summed E-state index contributed by atoms with van der Waals surface area (Å²) in [6.45, 7) is 3.54. The standard InChI is InChI=1S/C17H15Br2N3O5/c1-9-3-10(2)17(14(19)4-9)27-8-15(23)21-20-7-11-5-12(22(25)26)6-13(18)16(11)24/h3-7,24H,8H2,1-2H3,(H,21,23)/b20-7+. The van der Waals surface area contributed by atoms with Crippen LogP contribution in [0.3, 0.4) is 0 Å². The summed E-state index contributed by atoms with van der Waals surface area (Å²) in [7, 11) is 0. The summed E-state index contributed by atoms with van der Waals surface area (Å²) >= 11 is 6.42. The maximum Gasteiger partial charge on any atom is 0.277 e. The van der Waals surface area contributed by atoms with E-state index in [-0.39, 0.29) is 28.1 Å². The van der Waals surface area contributed by atoms with E-state index in [2.05, 4.69) is 42.4 Å². The normalized spacial score (nSPS) is 10.8. The Bertz CT molecular complexity index is 908. The number of benzene rings is 2. The Morgan fingerprint density at radius 3 is 2.63 bits per heavy atom. The van der Waals surface area contributed by atoms with Gasteiger partial charge in [0.25, 0.3) is 11.6 Å². The molecule has 8 nitrogen and oxygen atoms in total. The molecule has 0 radical (unpaired) electrons. The molecule has 2 aromatic rings. The number of hydrogen-bond donors (Lipinski definition) is 2. The zero-order valence-electron chi connectivity index (χ0n) is 14.3. The van der Waals surface area contributed by atoms with Crippen molar-refractivity contribution in [2.45, 2.75) is 13.8 Å². The van der Waals surface area contributed by atoms with Crippen LogP contribution in [0.25, 0.3) is 0 Å². The lowest BCUT2D eigenvalue weighted by Gasteiger charge is -2.11. The first kappa shape index (κ1) is 20.8. The maximum atomic E-state index is 11.9. The van der Waals surface area contributed by atoms with Gasteiger partial charge < -0.3 is 9.84 Å². The number of aryl methyl sites for hydroxylation is 2. The molecule has 0 saturated heterocycles. The highest BCUT2D eigenvalue weighted by atomic mass is 79.9. The van der Waals surface area contributed by atoms with E-state index in [1.54, 1.807) is 0 Å². The number of rotatable bonds is 6. The molecule has 0 aliphatic heterocycles. The summed E-state index contributed by atoms with van der Waals surface area (Å²) in [6.07, 6.45) is 1.11. The molecule has 10 heteroatoms. The summed E-state index contributed by atoms with van der Waals surface area (Å²) in [5.74, 6) is -0.198. The lowest BCUT2D eigenvalue weighted by molar-refractivity contribution is -0.385. The highest BCUT2D eigenvalue weighted by Crippen LogP contribution is 2.32. The second-order valence-corrected chi connectivity index (χ2v) is 7.31. The molecule has 2 N–H and O–H groups in total. The van der Waals surface area contributed by atoms with Gasteiger partial charge in [-0.25, -0.2) is 5.43 Å². The number of nitrogens with one attached hydrogen (secondary N) is 1. The van der Waals surface area contributed by atoms with Crippen LogP contribution in [-0.2, 0) is 4.79 Å². The lowest BCUT2D eigenvalue weighted by Crippen LogP contribution is -2.24. The van der Waals surface area contributed by atoms with Gasteiger partial charge in [0.2, 0.25) is 0 Å². The number of nitro groups is 1. The number of phenolic OH excluding ortho intramolecular Hbond substituents is 1. The Morgan fingerprint density at radius 2 is 2.00 bits per heavy atom. The Kier molecular flexibility index (Phi) is 6.92. The van der Waals surface area contributed by atoms with Gasteiger partial charge in [0.15, 0.2) is 6.61 Å². The fourth-order valence-corrected chi connectivity index (χ4v) is 3.49. The molecule has 0 fully saturated rings. The molecule has 0 unspecified atom stereocenters. The highest BCUT2D eigenvalue weighted by Gasteiger charge is 2.14. The monoisotopic (exact) mass is 499 g/mol. The van der Waals surface area contributed by atoms with Gasteiger partial charge in [0, 0.05) is 17.7 Å². The fourth-order valence-electron chi connectivity index (χ4n) is 2.24. The third kappa shape index (κ3) is 5.51. The largest absolute Gasteiger partial charge is 0.506 e. The van der Waals surface area contributed by atoms with Gasteiger partial charge in [-0.3, -0.25) is 14.9 Å². The first-order valence-corrected chi connectivity index (χ1v) is 9.16. The average Bonchev–Trinajstić information content (AvgIpc) is 2.57. The molecule has 0 spiro atoms. The second-order valence-electron chi connectivity index (χ2n) is 5.60. The Labute approximate surface area is 171 Å². The molecule has 0 saturated carbocycles. The number of nitro benzene ring substituents is 1. The summed E-state index contributed by atoms with van der Waals surface area (Å²) in [5, 5.41) is 24.5. The van der Waals surface area contributed by atoms with Gasteiger partial charge in [-0.1, -0.05) is 6.07 Å². The number of phenols is 1. The van der Waals surface area contributed by atoms with Gasteiger partial charge in [-0.15, -0.1) is 0 Å². The molecule has 0 atom stereocenters. The van der Waals surface area contributed by atoms with Crippen molar-refractivity contribution in [3.05, 3.63) is 60.0 Å². The quantitative estimate of drug-likeness (QED) is 0.354. The van der Waals surface area contributed by atoms with E-state index in [0.29, 0.717) is 5.75 Å². The Hall–Kier alpha value is -2.46. The number of amides is 1. The van der Waals surface area contributed by atoms with E-state index >= 15 is 0 Å². The first-order chi connectivity index (χ1) is 12.7. The zero-order chi connectivity index (χ0) is 20.1. The van der Waals surface area contributed by atoms with Crippen LogP contribution in [0.1, 0.15) is 16.7 Å². The van der Waals surface area contributed by atoms with Crippen molar-refractivity contribution in [1.82, 2.24) is 5.43 Å². The van der Waals surface area contributed by atoms with E-state index < -0.39 is 10.8 Å². The van der Waals surface area contributed by atoms with Crippen molar-refractivity contribution >= 4 is 49.7 Å². The van der Waals surface area contributed by atoms with Crippen LogP contribution >= 0.6 is 31.9 Å². The van der Waals surface area contributed by atoms with Crippen LogP contribution in [0.15, 0.2) is 38.3 Å². The SMILES string of the molecule is Cc1cc(C)c(OCC(=O)N/N=C/c2cc([N+](=O)[O-])cc(Br)c2O)c(Br)c1. The number of non-ortho nitro benzene ring substituents is 1. The van der Waals surface area contributed by atoms with Crippen LogP contribution in [0.4, 0.5) is 5.69 Å². The smallest absolute Gasteiger partial charge is 0.277 e. The first-order valence-electron chi connectivity index (χ1n) is 7.57. The van der Waals surface area contributed by atoms with E-state index in [4.69, 9.17) is 4.74 Å². The van der Waals surface area contributed by atoms with Gasteiger partial charge >= 0.3 is 0 Å². The van der Waals surface area contributed by atoms with Crippen molar-refractivity contribution in [3.63, 3.8) is 0 Å². The minimum atomic E-state index is -0.601. The number of hydrogen-bond acceptors (Lipinski definition) is 6. The summed E-state index contributed by atoms with van der Waals surface area (Å²) in [4.78, 5) is 22.1. The average molecular weight is 501 g/mol. The highest BCUT2D eigenvalue weighted by molar-refractivity contribution is 9.10. The number of nitrogens with zero attached hydrogens (tertiary/aromatic N) is 2. The summed E-state index contributed by atoms with van der Waals surface area (Å²) < 4.78 is 6.39. The molecule has 2 aromatic carbocycles. The van der Waals surface area contributed by atoms with Crippen LogP contribution in [0.2, 0.25) is 0 Å². The predicted molar refractivity (Wildman–Crippen MR) is 107 cm³/mol. The van der Waals surface area contributed by atoms with Crippen molar-refractivity contribution < 1.29 is 19.6 Å². The van der Waals surface area contributed by atoms with Gasteiger partial charge in [-0.2, -0.15) is 5.10 Å². The van der Waals surface area contributed by atoms with Gasteiger partial charge in [0.05, 0.1) is 20.1 Å². The van der Waals surface area contributed by atoms with Gasteiger partial charge in [0.1, 0.15) is 11.5 Å². The van der Waals surface area contributed by atoms with Crippen LogP contribution in [0, 0.1) is 24.0 Å². The van der Waals surface area contributed by atoms with Crippen molar-refractivity contribution in [2.75, 3.05) is 6.61 Å². The van der Waals surface area contributed by atoms with Crippen LogP contribution < -0.4 is 10.2 Å². The minimum absolute atomic E-state index is 0.0782. The fraction of sp³-hybridized carbons (Fsp3) is 0.176. The number of halogens is 2. The molecule has 0 aromatic heterocycles. The molecule has 27 heavy (non-hydrogen) atoms. The number of hydrazone groups is 1. The van der Waals surface area contributed by atoms with Crippen LogP contribution in [0.5, 0.6) is 11.5 Å². The third-order valence-corrected chi connectivity index (χ3v) is 4.60. The predicted octanol–water partition coefficient (Wildman–Crippen LogP) is 3.97. The maximum absolute atomic E-state index is 11.9. The summed E-state index contributed by atoms with van der Waals surface area (Å²) in [6, 6.07) is 6.11. The van der Waals surface area contributed by atoms with Crippen molar-refractivity contribution in [1.29, 1.82) is 0 Å². The van der Waals surface area contributed by atoms with Crippen molar-refractivity contribution in [2.24, 2.45) is 5.10 Å². The van der Waals surface area contributed by atoms with E-state index in [0.717, 1.165) is 27.9 Å². The van der Waals surface area contributed by atoms with Crippen LogP contribution in [-0.4, -0.2) is 28.8 Å². The summed E-state index contributed by atoms with van der Waals surface area (Å²) in [5.41, 5.74) is 4.03. The third-order valence-electron chi connectivity index (χ3n) is 3.40. The zero-order valence-corrected chi connectivity index (χ0v) is 17.5. The Morgan fingerprint density at radius 1 is 1.30 bits per heavy atom. The molecule has 0 heterocycles. The Balaban J connectivity index is 2.01. The van der Waals surface area contributed by atoms with Gasteiger partial charge in [-0.05, 0) is 62.9 Å². The molecule has 2 rings (SSSR count). The molecule has 0 aliphatic rings. The van der Waals surface area contributed by atoms with E-state index in [1.165, 1.54) is 6.07 Å². The molecular formula is C17H15Br2N3O5. The molecule has 142 valence electrons. The number of ether oxygens (including phenoxy) is 1. The number of carbonyl (C=O) groups is 1. The number of carbonyl (C=O) groups excluding carboxylic acids is 1. The number of aromatic hydroxyl groups is 1. The minimum Gasteiger partial charge on any atom is -0.506 e. The second kappa shape index (κ2) is 8.96. The molecule has 0 bridgehead atoms. The van der Waals surface area contributed by atoms with E-state index in [1.807, 2.05) is 26.0 Å². The molecular weight excluding hydrogens is 486 g/mol. The molecule has 0 aliphatic carbocycles. The van der Waals surface area contributed by atoms with E-state index in [9.17, 15) is 20.0 Å². The molecule has 1 amide bonds.